The molecule has 0 aromatic heterocycles. The fourth-order valence-corrected chi connectivity index (χ4v) is 2.14. The van der Waals surface area contributed by atoms with Gasteiger partial charge in [0.2, 0.25) is 0 Å². The van der Waals surface area contributed by atoms with Crippen LogP contribution in [0.3, 0.4) is 0 Å². The third kappa shape index (κ3) is 2.75. The molecule has 1 aromatic rings. The van der Waals surface area contributed by atoms with Crippen molar-refractivity contribution in [3.05, 3.63) is 29.8 Å². The number of phenolic OH excluding ortho intramolecular Hbond substituents is 1. The van der Waals surface area contributed by atoms with Crippen molar-refractivity contribution >= 4 is 5.97 Å². The monoisotopic (exact) mass is 222 g/mol. The van der Waals surface area contributed by atoms with Gasteiger partial charge in [0.05, 0.1) is 5.92 Å². The molecule has 16 heavy (non-hydrogen) atoms. The van der Waals surface area contributed by atoms with Crippen molar-refractivity contribution in [2.75, 3.05) is 0 Å². The van der Waals surface area contributed by atoms with E-state index in [2.05, 4.69) is 0 Å². The lowest BCUT2D eigenvalue weighted by Crippen LogP contribution is -2.23. The van der Waals surface area contributed by atoms with Gasteiger partial charge in [-0.1, -0.05) is 32.9 Å². The van der Waals surface area contributed by atoms with Crippen LogP contribution in [0.15, 0.2) is 24.3 Å². The van der Waals surface area contributed by atoms with Crippen LogP contribution in [0.4, 0.5) is 0 Å². The van der Waals surface area contributed by atoms with Gasteiger partial charge in [-0.15, -0.1) is 0 Å². The highest BCUT2D eigenvalue weighted by molar-refractivity contribution is 5.71. The first-order chi connectivity index (χ1) is 7.43. The van der Waals surface area contributed by atoms with E-state index in [9.17, 15) is 9.90 Å². The molecule has 3 heteroatoms. The van der Waals surface area contributed by atoms with Crippen LogP contribution in [-0.4, -0.2) is 16.2 Å². The summed E-state index contributed by atoms with van der Waals surface area (Å²) >= 11 is 0. The Balaban J connectivity index is 3.07. The standard InChI is InChI=1S/C13H18O3/c1-8(2)12(9(3)13(15)16)10-5-4-6-11(14)7-10/h4-9,12,14H,1-3H3,(H,15,16)/t9?,12-/m0/s1. The molecule has 0 aliphatic rings. The van der Waals surface area contributed by atoms with Crippen LogP contribution in [0.2, 0.25) is 0 Å². The molecule has 0 aliphatic heterocycles. The van der Waals surface area contributed by atoms with Crippen LogP contribution in [0.1, 0.15) is 32.3 Å². The Morgan fingerprint density at radius 1 is 1.25 bits per heavy atom. The summed E-state index contributed by atoms with van der Waals surface area (Å²) in [4.78, 5) is 11.0. The normalized spacial score (nSPS) is 14.8. The third-order valence-electron chi connectivity index (χ3n) is 2.90. The van der Waals surface area contributed by atoms with Crippen molar-refractivity contribution in [2.24, 2.45) is 11.8 Å². The second-order valence-corrected chi connectivity index (χ2v) is 4.49. The average Bonchev–Trinajstić information content (AvgIpc) is 2.17. The maximum Gasteiger partial charge on any atom is 0.306 e. The Hall–Kier alpha value is -1.51. The molecule has 88 valence electrons. The molecule has 0 spiro atoms. The summed E-state index contributed by atoms with van der Waals surface area (Å²) in [5.74, 6) is -0.943. The van der Waals surface area contributed by atoms with Gasteiger partial charge in [0, 0.05) is 0 Å². The Kier molecular flexibility index (Phi) is 3.93. The highest BCUT2D eigenvalue weighted by atomic mass is 16.4. The van der Waals surface area contributed by atoms with E-state index in [4.69, 9.17) is 5.11 Å². The minimum atomic E-state index is -0.804. The Labute approximate surface area is 95.7 Å². The lowest BCUT2D eigenvalue weighted by atomic mass is 9.79. The maximum atomic E-state index is 11.0. The lowest BCUT2D eigenvalue weighted by Gasteiger charge is -2.25. The van der Waals surface area contributed by atoms with Gasteiger partial charge >= 0.3 is 5.97 Å². The van der Waals surface area contributed by atoms with Gasteiger partial charge in [-0.2, -0.15) is 0 Å². The summed E-state index contributed by atoms with van der Waals surface area (Å²) in [5, 5.41) is 18.5. The van der Waals surface area contributed by atoms with Crippen molar-refractivity contribution in [3.63, 3.8) is 0 Å². The first-order valence-corrected chi connectivity index (χ1v) is 5.45. The molecule has 1 unspecified atom stereocenters. The summed E-state index contributed by atoms with van der Waals surface area (Å²) in [6.45, 7) is 5.69. The third-order valence-corrected chi connectivity index (χ3v) is 2.90. The number of aliphatic carboxylic acids is 1. The van der Waals surface area contributed by atoms with E-state index >= 15 is 0 Å². The summed E-state index contributed by atoms with van der Waals surface area (Å²) in [7, 11) is 0. The fourth-order valence-electron chi connectivity index (χ4n) is 2.14. The number of carboxylic acids is 1. The lowest BCUT2D eigenvalue weighted by molar-refractivity contribution is -0.142. The zero-order valence-corrected chi connectivity index (χ0v) is 9.84. The molecule has 0 bridgehead atoms. The second kappa shape index (κ2) is 5.01. The van der Waals surface area contributed by atoms with E-state index < -0.39 is 11.9 Å². The molecule has 0 radical (unpaired) electrons. The van der Waals surface area contributed by atoms with Gasteiger partial charge in [-0.3, -0.25) is 4.79 Å². The first-order valence-electron chi connectivity index (χ1n) is 5.45. The predicted octanol–water partition coefficient (Wildman–Crippen LogP) is 2.85. The summed E-state index contributed by atoms with van der Waals surface area (Å²) in [5.41, 5.74) is 0.880. The molecule has 0 heterocycles. The van der Waals surface area contributed by atoms with E-state index in [-0.39, 0.29) is 17.6 Å². The summed E-state index contributed by atoms with van der Waals surface area (Å²) in [6.07, 6.45) is 0. The molecule has 0 aliphatic carbocycles. The number of phenols is 1. The number of hydrogen-bond acceptors (Lipinski definition) is 2. The van der Waals surface area contributed by atoms with E-state index in [1.54, 1.807) is 25.1 Å². The van der Waals surface area contributed by atoms with Gasteiger partial charge < -0.3 is 10.2 Å². The smallest absolute Gasteiger partial charge is 0.306 e. The van der Waals surface area contributed by atoms with E-state index in [1.807, 2.05) is 19.9 Å². The van der Waals surface area contributed by atoms with Crippen molar-refractivity contribution in [3.8, 4) is 5.75 Å². The fraction of sp³-hybridized carbons (Fsp3) is 0.462. The van der Waals surface area contributed by atoms with Crippen LogP contribution in [0.25, 0.3) is 0 Å². The SMILES string of the molecule is CC(C)[C@H](c1cccc(O)c1)C(C)C(=O)O. The maximum absolute atomic E-state index is 11.0. The molecule has 0 saturated heterocycles. The summed E-state index contributed by atoms with van der Waals surface area (Å²) < 4.78 is 0. The van der Waals surface area contributed by atoms with Crippen LogP contribution < -0.4 is 0 Å². The number of aromatic hydroxyl groups is 1. The van der Waals surface area contributed by atoms with Gasteiger partial charge in [-0.05, 0) is 29.5 Å². The number of benzene rings is 1. The van der Waals surface area contributed by atoms with E-state index in [1.165, 1.54) is 0 Å². The highest BCUT2D eigenvalue weighted by Gasteiger charge is 2.27. The van der Waals surface area contributed by atoms with Crippen molar-refractivity contribution < 1.29 is 15.0 Å². The molecule has 2 atom stereocenters. The van der Waals surface area contributed by atoms with Crippen LogP contribution in [0.5, 0.6) is 5.75 Å². The van der Waals surface area contributed by atoms with Crippen LogP contribution in [-0.2, 0) is 4.79 Å². The Bertz CT molecular complexity index is 371. The largest absolute Gasteiger partial charge is 0.508 e. The molecule has 3 nitrogen and oxygen atoms in total. The Morgan fingerprint density at radius 3 is 2.31 bits per heavy atom. The predicted molar refractivity (Wildman–Crippen MR) is 62.5 cm³/mol. The minimum Gasteiger partial charge on any atom is -0.508 e. The van der Waals surface area contributed by atoms with Gasteiger partial charge in [0.15, 0.2) is 0 Å². The first kappa shape index (κ1) is 12.6. The molecule has 0 fully saturated rings. The molecule has 0 amide bonds. The van der Waals surface area contributed by atoms with Crippen LogP contribution >= 0.6 is 0 Å². The molecular formula is C13H18O3. The van der Waals surface area contributed by atoms with Crippen molar-refractivity contribution in [2.45, 2.75) is 26.7 Å². The second-order valence-electron chi connectivity index (χ2n) is 4.49. The Morgan fingerprint density at radius 2 is 1.88 bits per heavy atom. The molecule has 2 N–H and O–H groups in total. The topological polar surface area (TPSA) is 57.5 Å². The van der Waals surface area contributed by atoms with Crippen molar-refractivity contribution in [1.29, 1.82) is 0 Å². The quantitative estimate of drug-likeness (QED) is 0.823. The van der Waals surface area contributed by atoms with Gasteiger partial charge in [0.25, 0.3) is 0 Å². The number of carbonyl (C=O) groups is 1. The van der Waals surface area contributed by atoms with Crippen molar-refractivity contribution in [1.82, 2.24) is 0 Å². The van der Waals surface area contributed by atoms with Gasteiger partial charge in [0.1, 0.15) is 5.75 Å². The number of rotatable bonds is 4. The zero-order valence-electron chi connectivity index (χ0n) is 9.84. The number of carboxylic acid groups (broad SMARTS) is 1. The van der Waals surface area contributed by atoms with E-state index in [0.29, 0.717) is 0 Å². The van der Waals surface area contributed by atoms with E-state index in [0.717, 1.165) is 5.56 Å². The van der Waals surface area contributed by atoms with Gasteiger partial charge in [-0.25, -0.2) is 0 Å². The number of hydrogen-bond donors (Lipinski definition) is 2. The minimum absolute atomic E-state index is 0.0791. The molecule has 0 saturated carbocycles. The molecular weight excluding hydrogens is 204 g/mol. The summed E-state index contributed by atoms with van der Waals surface area (Å²) in [6, 6.07) is 6.84. The average molecular weight is 222 g/mol. The molecule has 1 rings (SSSR count). The zero-order chi connectivity index (χ0) is 12.3. The van der Waals surface area contributed by atoms with Crippen LogP contribution in [0, 0.1) is 11.8 Å². The molecule has 1 aromatic carbocycles. The highest BCUT2D eigenvalue weighted by Crippen LogP contribution is 2.33.